The molecule has 2 rings (SSSR count). The van der Waals surface area contributed by atoms with E-state index in [0.717, 1.165) is 17.4 Å². The van der Waals surface area contributed by atoms with Gasteiger partial charge in [-0.2, -0.15) is 0 Å². The highest BCUT2D eigenvalue weighted by Crippen LogP contribution is 2.28. The van der Waals surface area contributed by atoms with Gasteiger partial charge in [-0.15, -0.1) is 0 Å². The fourth-order valence-electron chi connectivity index (χ4n) is 2.16. The maximum absolute atomic E-state index is 5.58. The van der Waals surface area contributed by atoms with Gasteiger partial charge in [0, 0.05) is 6.04 Å². The summed E-state index contributed by atoms with van der Waals surface area (Å²) in [7, 11) is 0. The van der Waals surface area contributed by atoms with E-state index in [4.69, 9.17) is 4.42 Å². The summed E-state index contributed by atoms with van der Waals surface area (Å²) in [6.45, 7) is 6.46. The van der Waals surface area contributed by atoms with Gasteiger partial charge in [-0.05, 0) is 44.7 Å². The quantitative estimate of drug-likeness (QED) is 0.798. The first-order chi connectivity index (χ1) is 6.65. The van der Waals surface area contributed by atoms with E-state index in [2.05, 4.69) is 25.2 Å². The second-order valence-corrected chi connectivity index (χ2v) is 4.61. The molecule has 78 valence electrons. The third kappa shape index (κ3) is 2.01. The van der Waals surface area contributed by atoms with Gasteiger partial charge in [-0.3, -0.25) is 0 Å². The third-order valence-electron chi connectivity index (χ3n) is 3.05. The van der Waals surface area contributed by atoms with Crippen molar-refractivity contribution in [3.63, 3.8) is 0 Å². The zero-order valence-electron chi connectivity index (χ0n) is 9.21. The lowest BCUT2D eigenvalue weighted by molar-refractivity contribution is 0.218. The van der Waals surface area contributed by atoms with Crippen LogP contribution in [0.1, 0.15) is 44.3 Å². The van der Waals surface area contributed by atoms with Crippen LogP contribution < -0.4 is 5.32 Å². The van der Waals surface area contributed by atoms with Gasteiger partial charge in [0.25, 0.3) is 0 Å². The average Bonchev–Trinajstić information content (AvgIpc) is 2.49. The Hall–Kier alpha value is -0.760. The fraction of sp³-hybridized carbons (Fsp3) is 0.667. The van der Waals surface area contributed by atoms with E-state index < -0.39 is 0 Å². The molecule has 1 fully saturated rings. The number of hydrogen-bond acceptors (Lipinski definition) is 2. The summed E-state index contributed by atoms with van der Waals surface area (Å²) in [5, 5.41) is 3.58. The standard InChI is InChI=1S/C12H19NO/c1-8-6-11(7-8)13-10(3)12-5-4-9(2)14-12/h4-5,8,10-11,13H,6-7H2,1-3H3. The molecule has 1 heterocycles. The van der Waals surface area contributed by atoms with Gasteiger partial charge in [-0.25, -0.2) is 0 Å². The monoisotopic (exact) mass is 193 g/mol. The molecule has 0 spiro atoms. The topological polar surface area (TPSA) is 25.2 Å². The largest absolute Gasteiger partial charge is 0.465 e. The Balaban J connectivity index is 1.86. The Kier molecular flexibility index (Phi) is 2.64. The van der Waals surface area contributed by atoms with Crippen molar-refractivity contribution in [1.82, 2.24) is 5.32 Å². The average molecular weight is 193 g/mol. The first kappa shape index (κ1) is 9.78. The van der Waals surface area contributed by atoms with Crippen molar-refractivity contribution < 1.29 is 4.42 Å². The highest BCUT2D eigenvalue weighted by atomic mass is 16.3. The predicted octanol–water partition coefficient (Wildman–Crippen LogP) is 3.04. The molecule has 2 nitrogen and oxygen atoms in total. The van der Waals surface area contributed by atoms with Crippen molar-refractivity contribution in [2.75, 3.05) is 0 Å². The van der Waals surface area contributed by atoms with Crippen molar-refractivity contribution >= 4 is 0 Å². The molecule has 2 heteroatoms. The van der Waals surface area contributed by atoms with Gasteiger partial charge in [-0.1, -0.05) is 6.92 Å². The SMILES string of the molecule is Cc1ccc(C(C)NC2CC(C)C2)o1. The summed E-state index contributed by atoms with van der Waals surface area (Å²) >= 11 is 0. The van der Waals surface area contributed by atoms with E-state index in [-0.39, 0.29) is 0 Å². The minimum absolute atomic E-state index is 0.348. The molecule has 1 aliphatic rings. The lowest BCUT2D eigenvalue weighted by atomic mass is 9.81. The summed E-state index contributed by atoms with van der Waals surface area (Å²) in [5.74, 6) is 2.95. The smallest absolute Gasteiger partial charge is 0.120 e. The van der Waals surface area contributed by atoms with Crippen LogP contribution in [0, 0.1) is 12.8 Å². The van der Waals surface area contributed by atoms with Crippen LogP contribution >= 0.6 is 0 Å². The Morgan fingerprint density at radius 3 is 2.64 bits per heavy atom. The summed E-state index contributed by atoms with van der Waals surface area (Å²) in [6.07, 6.45) is 2.62. The molecule has 14 heavy (non-hydrogen) atoms. The molecule has 1 saturated carbocycles. The van der Waals surface area contributed by atoms with Crippen molar-refractivity contribution in [3.8, 4) is 0 Å². The molecule has 1 unspecified atom stereocenters. The van der Waals surface area contributed by atoms with Crippen molar-refractivity contribution in [3.05, 3.63) is 23.7 Å². The molecular weight excluding hydrogens is 174 g/mol. The van der Waals surface area contributed by atoms with Crippen LogP contribution in [0.4, 0.5) is 0 Å². The molecule has 0 aromatic carbocycles. The van der Waals surface area contributed by atoms with Gasteiger partial charge in [0.2, 0.25) is 0 Å². The van der Waals surface area contributed by atoms with Gasteiger partial charge in [0.1, 0.15) is 11.5 Å². The number of rotatable bonds is 3. The van der Waals surface area contributed by atoms with Crippen molar-refractivity contribution in [1.29, 1.82) is 0 Å². The van der Waals surface area contributed by atoms with Crippen LogP contribution in [0.25, 0.3) is 0 Å². The van der Waals surface area contributed by atoms with E-state index in [0.29, 0.717) is 12.1 Å². The van der Waals surface area contributed by atoms with E-state index >= 15 is 0 Å². The van der Waals surface area contributed by atoms with Crippen LogP contribution in [0.2, 0.25) is 0 Å². The first-order valence-electron chi connectivity index (χ1n) is 5.47. The van der Waals surface area contributed by atoms with Gasteiger partial charge in [0.05, 0.1) is 6.04 Å². The summed E-state index contributed by atoms with van der Waals surface area (Å²) in [4.78, 5) is 0. The van der Waals surface area contributed by atoms with E-state index in [1.165, 1.54) is 12.8 Å². The minimum Gasteiger partial charge on any atom is -0.465 e. The molecule has 1 atom stereocenters. The Bertz CT molecular complexity index is 299. The van der Waals surface area contributed by atoms with E-state index in [1.807, 2.05) is 13.0 Å². The Morgan fingerprint density at radius 2 is 2.14 bits per heavy atom. The Labute approximate surface area is 85.7 Å². The Morgan fingerprint density at radius 1 is 1.43 bits per heavy atom. The van der Waals surface area contributed by atoms with Crippen LogP contribution in [0.5, 0.6) is 0 Å². The third-order valence-corrected chi connectivity index (χ3v) is 3.05. The first-order valence-corrected chi connectivity index (χ1v) is 5.47. The molecule has 0 amide bonds. The minimum atomic E-state index is 0.348. The summed E-state index contributed by atoms with van der Waals surface area (Å²) in [5.41, 5.74) is 0. The molecule has 0 aliphatic heterocycles. The van der Waals surface area contributed by atoms with Crippen LogP contribution in [-0.2, 0) is 0 Å². The second kappa shape index (κ2) is 3.77. The zero-order valence-corrected chi connectivity index (χ0v) is 9.21. The summed E-state index contributed by atoms with van der Waals surface area (Å²) < 4.78 is 5.58. The molecule has 0 bridgehead atoms. The molecule has 1 aromatic rings. The molecule has 1 N–H and O–H groups in total. The lowest BCUT2D eigenvalue weighted by Gasteiger charge is -2.35. The summed E-state index contributed by atoms with van der Waals surface area (Å²) in [6, 6.07) is 5.14. The molecule has 1 aliphatic carbocycles. The van der Waals surface area contributed by atoms with Crippen molar-refractivity contribution in [2.24, 2.45) is 5.92 Å². The number of hydrogen-bond donors (Lipinski definition) is 1. The molecular formula is C12H19NO. The molecule has 1 aromatic heterocycles. The van der Waals surface area contributed by atoms with Crippen LogP contribution in [-0.4, -0.2) is 6.04 Å². The van der Waals surface area contributed by atoms with Crippen molar-refractivity contribution in [2.45, 2.75) is 45.7 Å². The van der Waals surface area contributed by atoms with Gasteiger partial charge >= 0.3 is 0 Å². The number of aryl methyl sites for hydroxylation is 1. The van der Waals surface area contributed by atoms with Gasteiger partial charge < -0.3 is 9.73 Å². The van der Waals surface area contributed by atoms with Crippen LogP contribution in [0.15, 0.2) is 16.5 Å². The second-order valence-electron chi connectivity index (χ2n) is 4.61. The highest BCUT2D eigenvalue weighted by molar-refractivity contribution is 5.09. The number of nitrogens with one attached hydrogen (secondary N) is 1. The van der Waals surface area contributed by atoms with Crippen LogP contribution in [0.3, 0.4) is 0 Å². The van der Waals surface area contributed by atoms with E-state index in [1.54, 1.807) is 0 Å². The lowest BCUT2D eigenvalue weighted by Crippen LogP contribution is -2.41. The maximum Gasteiger partial charge on any atom is 0.120 e. The fourth-order valence-corrected chi connectivity index (χ4v) is 2.16. The molecule has 0 radical (unpaired) electrons. The van der Waals surface area contributed by atoms with Gasteiger partial charge in [0.15, 0.2) is 0 Å². The normalized spacial score (nSPS) is 28.5. The highest BCUT2D eigenvalue weighted by Gasteiger charge is 2.26. The molecule has 0 saturated heterocycles. The number of furan rings is 1. The maximum atomic E-state index is 5.58. The predicted molar refractivity (Wildman–Crippen MR) is 57.2 cm³/mol. The zero-order chi connectivity index (χ0) is 10.1. The van der Waals surface area contributed by atoms with E-state index in [9.17, 15) is 0 Å².